The minimum absolute atomic E-state index is 0.0814. The van der Waals surface area contributed by atoms with Crippen molar-refractivity contribution in [1.29, 1.82) is 0 Å². The molecular weight excluding hydrogens is 510 g/mol. The molecule has 1 atom stereocenters. The number of aliphatic hydroxyl groups excluding tert-OH is 1. The van der Waals surface area contributed by atoms with Crippen LogP contribution in [0.4, 0.5) is 0 Å². The Balaban J connectivity index is 1.42. The Kier molecular flexibility index (Phi) is 9.06. The lowest BCUT2D eigenvalue weighted by atomic mass is 9.96. The second-order valence-electron chi connectivity index (χ2n) is 10.5. The summed E-state index contributed by atoms with van der Waals surface area (Å²) >= 11 is 0. The van der Waals surface area contributed by atoms with E-state index in [0.717, 1.165) is 32.6 Å². The molecule has 0 saturated carbocycles. The summed E-state index contributed by atoms with van der Waals surface area (Å²) in [6, 6.07) is 21.0. The van der Waals surface area contributed by atoms with Gasteiger partial charge in [0.2, 0.25) is 0 Å². The van der Waals surface area contributed by atoms with Crippen LogP contribution >= 0.6 is 0 Å². The van der Waals surface area contributed by atoms with Crippen molar-refractivity contribution >= 4 is 5.91 Å². The maximum absolute atomic E-state index is 13.2. The number of benzene rings is 3. The third-order valence-electron chi connectivity index (χ3n) is 6.35. The molecule has 210 valence electrons. The molecule has 0 spiro atoms. The average Bonchev–Trinajstić information content (AvgIpc) is 3.23. The number of H-pyrrole nitrogens is 1. The summed E-state index contributed by atoms with van der Waals surface area (Å²) in [6.07, 6.45) is -0.592. The predicted molar refractivity (Wildman–Crippen MR) is 153 cm³/mol. The first-order valence-electron chi connectivity index (χ1n) is 13.3. The summed E-state index contributed by atoms with van der Waals surface area (Å²) in [5, 5.41) is 9.87. The second-order valence-corrected chi connectivity index (χ2v) is 10.5. The van der Waals surface area contributed by atoms with Gasteiger partial charge in [-0.2, -0.15) is 0 Å². The van der Waals surface area contributed by atoms with Crippen molar-refractivity contribution in [3.8, 4) is 16.9 Å². The van der Waals surface area contributed by atoms with Gasteiger partial charge in [0.05, 0.1) is 12.6 Å². The van der Waals surface area contributed by atoms with Gasteiger partial charge >= 0.3 is 11.4 Å². The first-order valence-corrected chi connectivity index (χ1v) is 13.3. The number of aromatic amines is 1. The second kappa shape index (κ2) is 12.7. The summed E-state index contributed by atoms with van der Waals surface area (Å²) < 4.78 is 11.7. The van der Waals surface area contributed by atoms with E-state index in [-0.39, 0.29) is 12.5 Å². The number of aliphatic hydroxyl groups is 1. The number of ether oxygens (including phenoxy) is 1. The van der Waals surface area contributed by atoms with E-state index in [4.69, 9.17) is 9.26 Å². The Morgan fingerprint density at radius 2 is 1.75 bits per heavy atom. The normalized spacial score (nSPS) is 11.9. The van der Waals surface area contributed by atoms with E-state index in [2.05, 4.69) is 24.9 Å². The molecule has 2 N–H and O–H groups in total. The number of hydrogen-bond acceptors (Lipinski definition) is 6. The molecule has 0 radical (unpaired) electrons. The predicted octanol–water partition coefficient (Wildman–Crippen LogP) is 4.21. The van der Waals surface area contributed by atoms with Crippen LogP contribution in [0.5, 0.6) is 5.75 Å². The van der Waals surface area contributed by atoms with Gasteiger partial charge in [-0.25, -0.2) is 14.6 Å². The third-order valence-corrected chi connectivity index (χ3v) is 6.35. The van der Waals surface area contributed by atoms with Crippen molar-refractivity contribution in [1.82, 2.24) is 14.6 Å². The van der Waals surface area contributed by atoms with Crippen LogP contribution in [0.25, 0.3) is 11.1 Å². The molecule has 0 aliphatic carbocycles. The van der Waals surface area contributed by atoms with E-state index in [1.165, 1.54) is 0 Å². The highest BCUT2D eigenvalue weighted by Gasteiger charge is 2.19. The summed E-state index contributed by atoms with van der Waals surface area (Å²) in [6.45, 7) is 9.17. The molecule has 0 saturated heterocycles. The van der Waals surface area contributed by atoms with E-state index in [1.54, 1.807) is 36.1 Å². The monoisotopic (exact) mass is 545 g/mol. The number of carbonyl (C=O) groups excluding carboxylic acids is 1. The molecule has 3 aromatic carbocycles. The van der Waals surface area contributed by atoms with Crippen molar-refractivity contribution in [2.24, 2.45) is 5.92 Å². The molecule has 9 heteroatoms. The van der Waals surface area contributed by atoms with Crippen LogP contribution in [0.15, 0.2) is 80.8 Å². The van der Waals surface area contributed by atoms with Crippen LogP contribution in [-0.4, -0.2) is 44.8 Å². The van der Waals surface area contributed by atoms with Crippen molar-refractivity contribution in [3.63, 3.8) is 0 Å². The van der Waals surface area contributed by atoms with E-state index < -0.39 is 17.5 Å². The first kappa shape index (κ1) is 28.6. The molecule has 4 aromatic rings. The number of aryl methyl sites for hydroxylation is 1. The van der Waals surface area contributed by atoms with Crippen LogP contribution < -0.4 is 16.2 Å². The zero-order valence-corrected chi connectivity index (χ0v) is 23.2. The van der Waals surface area contributed by atoms with Gasteiger partial charge in [0, 0.05) is 18.7 Å². The SMILES string of the molecule is Cc1cc(C(=O)N(CC(C)C)CC(C)O)ccc1-c1cccc(COc2ccc(Cn3oc(=O)[nH]c3=O)cc2)c1. The fourth-order valence-corrected chi connectivity index (χ4v) is 4.57. The first-order chi connectivity index (χ1) is 19.1. The van der Waals surface area contributed by atoms with Gasteiger partial charge in [-0.1, -0.05) is 50.2 Å². The van der Waals surface area contributed by atoms with Crippen LogP contribution in [0.3, 0.4) is 0 Å². The number of carbonyl (C=O) groups is 1. The zero-order chi connectivity index (χ0) is 28.8. The topological polar surface area (TPSA) is 118 Å². The molecule has 1 amide bonds. The smallest absolute Gasteiger partial charge is 0.440 e. The summed E-state index contributed by atoms with van der Waals surface area (Å²) in [5.74, 6) is 0.0971. The lowest BCUT2D eigenvalue weighted by Crippen LogP contribution is -2.39. The van der Waals surface area contributed by atoms with Gasteiger partial charge in [-0.15, -0.1) is 4.74 Å². The number of hydrogen-bond donors (Lipinski definition) is 2. The van der Waals surface area contributed by atoms with Gasteiger partial charge in [0.25, 0.3) is 5.91 Å². The van der Waals surface area contributed by atoms with Gasteiger partial charge in [-0.05, 0) is 77.9 Å². The quantitative estimate of drug-likeness (QED) is 0.292. The maximum Gasteiger partial charge on any atom is 0.440 e. The van der Waals surface area contributed by atoms with Crippen molar-refractivity contribution < 1.29 is 19.2 Å². The molecule has 9 nitrogen and oxygen atoms in total. The largest absolute Gasteiger partial charge is 0.489 e. The molecule has 0 bridgehead atoms. The minimum Gasteiger partial charge on any atom is -0.489 e. The number of nitrogens with one attached hydrogen (secondary N) is 1. The maximum atomic E-state index is 13.2. The molecule has 1 aromatic heterocycles. The van der Waals surface area contributed by atoms with Gasteiger partial charge in [0.1, 0.15) is 12.4 Å². The molecule has 0 fully saturated rings. The van der Waals surface area contributed by atoms with Gasteiger partial charge < -0.3 is 19.3 Å². The lowest BCUT2D eigenvalue weighted by Gasteiger charge is -2.26. The van der Waals surface area contributed by atoms with Crippen LogP contribution in [0, 0.1) is 12.8 Å². The van der Waals surface area contributed by atoms with E-state index in [1.807, 2.05) is 43.3 Å². The Labute approximate surface area is 232 Å². The van der Waals surface area contributed by atoms with Crippen molar-refractivity contribution in [2.75, 3.05) is 13.1 Å². The van der Waals surface area contributed by atoms with Crippen molar-refractivity contribution in [3.05, 3.63) is 110 Å². The minimum atomic E-state index is -0.784. The summed E-state index contributed by atoms with van der Waals surface area (Å²) in [4.78, 5) is 39.7. The molecule has 0 aliphatic rings. The van der Waals surface area contributed by atoms with E-state index in [9.17, 15) is 19.5 Å². The number of rotatable bonds is 11. The Morgan fingerprint density at radius 3 is 2.38 bits per heavy atom. The lowest BCUT2D eigenvalue weighted by molar-refractivity contribution is 0.0622. The van der Waals surface area contributed by atoms with E-state index >= 15 is 0 Å². The Bertz CT molecular complexity index is 1550. The number of amides is 1. The van der Waals surface area contributed by atoms with Gasteiger partial charge in [0.15, 0.2) is 0 Å². The molecule has 40 heavy (non-hydrogen) atoms. The molecule has 4 rings (SSSR count). The molecule has 1 unspecified atom stereocenters. The highest BCUT2D eigenvalue weighted by atomic mass is 16.5. The van der Waals surface area contributed by atoms with Crippen molar-refractivity contribution in [2.45, 2.75) is 47.0 Å². The molecular formula is C31H35N3O6. The number of nitrogens with zero attached hydrogens (tertiary/aromatic N) is 2. The standard InChI is InChI=1S/C31H35N3O6/c1-20(2)16-33(17-22(4)35)29(36)26-10-13-28(21(3)14-26)25-7-5-6-24(15-25)19-39-27-11-8-23(9-12-27)18-34-30(37)32-31(38)40-34/h5-15,20,22,35H,16-19H2,1-4H3,(H,32,37,38). The Hall–Kier alpha value is -4.37. The third kappa shape index (κ3) is 7.39. The number of aromatic nitrogens is 2. The highest BCUT2D eigenvalue weighted by Crippen LogP contribution is 2.26. The summed E-state index contributed by atoms with van der Waals surface area (Å²) in [5.41, 5.74) is 4.82. The van der Waals surface area contributed by atoms with Crippen LogP contribution in [0.2, 0.25) is 0 Å². The Morgan fingerprint density at radius 1 is 1.00 bits per heavy atom. The van der Waals surface area contributed by atoms with E-state index in [0.29, 0.717) is 36.9 Å². The molecule has 1 heterocycles. The zero-order valence-electron chi connectivity index (χ0n) is 23.2. The van der Waals surface area contributed by atoms with Crippen LogP contribution in [0.1, 0.15) is 47.8 Å². The molecule has 0 aliphatic heterocycles. The highest BCUT2D eigenvalue weighted by molar-refractivity contribution is 5.95. The fourth-order valence-electron chi connectivity index (χ4n) is 4.57. The van der Waals surface area contributed by atoms with Crippen LogP contribution in [-0.2, 0) is 13.2 Å². The van der Waals surface area contributed by atoms with Gasteiger partial charge in [-0.3, -0.25) is 4.79 Å². The summed E-state index contributed by atoms with van der Waals surface area (Å²) in [7, 11) is 0. The average molecular weight is 546 g/mol. The fraction of sp³-hybridized carbons (Fsp3) is 0.323.